The molecule has 8 heteroatoms. The number of amides is 2. The van der Waals surface area contributed by atoms with Crippen LogP contribution in [0.15, 0.2) is 97.1 Å². The zero-order valence-electron chi connectivity index (χ0n) is 27.5. The summed E-state index contributed by atoms with van der Waals surface area (Å²) in [6.45, 7) is 6.92. The number of ether oxygens (including phenoxy) is 2. The third-order valence-corrected chi connectivity index (χ3v) is 19.0. The molecule has 47 heavy (non-hydrogen) atoms. The number of nitrogens with one attached hydrogen (secondary N) is 2. The van der Waals surface area contributed by atoms with Crippen molar-refractivity contribution in [3.05, 3.63) is 119 Å². The number of hydrogen-bond acceptors (Lipinski definition) is 4. The van der Waals surface area contributed by atoms with Crippen LogP contribution in [-0.2, 0) is 9.47 Å². The molecule has 0 radical (unpaired) electrons. The van der Waals surface area contributed by atoms with Gasteiger partial charge in [-0.15, -0.1) is 0 Å². The zero-order chi connectivity index (χ0) is 32.6. The highest BCUT2D eigenvalue weighted by atomic mass is 28.3. The minimum absolute atomic E-state index is 0.0844. The van der Waals surface area contributed by atoms with Gasteiger partial charge in [0.2, 0.25) is 0 Å². The summed E-state index contributed by atoms with van der Waals surface area (Å²) in [5.74, 6) is 0.169. The second-order valence-electron chi connectivity index (χ2n) is 13.2. The maximum absolute atomic E-state index is 12.5. The Hall–Kier alpha value is -4.15. The summed E-state index contributed by atoms with van der Waals surface area (Å²) in [5.41, 5.74) is 11.3. The second-order valence-corrected chi connectivity index (χ2v) is 20.7. The van der Waals surface area contributed by atoms with Crippen LogP contribution in [-0.4, -0.2) is 56.1 Å². The van der Waals surface area contributed by atoms with Crippen molar-refractivity contribution < 1.29 is 19.1 Å². The number of rotatable bonds is 14. The molecule has 2 unspecified atom stereocenters. The van der Waals surface area contributed by atoms with E-state index < -0.39 is 17.6 Å². The van der Waals surface area contributed by atoms with Gasteiger partial charge in [0.15, 0.2) is 0 Å². The first kappa shape index (κ1) is 32.8. The van der Waals surface area contributed by atoms with Crippen LogP contribution in [0.4, 0.5) is 9.59 Å². The molecule has 0 heterocycles. The van der Waals surface area contributed by atoms with Crippen molar-refractivity contribution in [1.29, 1.82) is 0 Å². The molecule has 2 N–H and O–H groups in total. The number of benzene rings is 4. The average Bonchev–Trinajstić information content (AvgIpc) is 3.59. The van der Waals surface area contributed by atoms with Crippen molar-refractivity contribution in [2.45, 2.75) is 55.5 Å². The lowest BCUT2D eigenvalue weighted by atomic mass is 9.98. The van der Waals surface area contributed by atoms with E-state index in [-0.39, 0.29) is 24.0 Å². The van der Waals surface area contributed by atoms with E-state index in [0.717, 1.165) is 12.8 Å². The Morgan fingerprint density at radius 1 is 0.553 bits per heavy atom. The van der Waals surface area contributed by atoms with Crippen molar-refractivity contribution in [3.63, 3.8) is 0 Å². The Kier molecular flexibility index (Phi) is 10.9. The van der Waals surface area contributed by atoms with Gasteiger partial charge in [0.05, 0.1) is 0 Å². The van der Waals surface area contributed by atoms with Gasteiger partial charge in [0.1, 0.15) is 13.2 Å². The summed E-state index contributed by atoms with van der Waals surface area (Å²) in [5, 5.41) is 5.95. The lowest BCUT2D eigenvalue weighted by Crippen LogP contribution is -2.28. The van der Waals surface area contributed by atoms with Crippen molar-refractivity contribution in [1.82, 2.24) is 10.6 Å². The third kappa shape index (κ3) is 7.88. The van der Waals surface area contributed by atoms with E-state index >= 15 is 0 Å². The number of alkyl carbamates (subject to hydrolysis) is 2. The Labute approximate surface area is 282 Å². The highest BCUT2D eigenvalue weighted by Crippen LogP contribution is 2.45. The summed E-state index contributed by atoms with van der Waals surface area (Å²) < 4.78 is 11.4. The Morgan fingerprint density at radius 2 is 0.872 bits per heavy atom. The Bertz CT molecular complexity index is 1480. The van der Waals surface area contributed by atoms with Gasteiger partial charge < -0.3 is 20.1 Å². The first-order chi connectivity index (χ1) is 23.0. The molecule has 0 saturated carbocycles. The van der Waals surface area contributed by atoms with E-state index in [1.807, 2.05) is 0 Å². The monoisotopic (exact) mass is 662 g/mol. The van der Waals surface area contributed by atoms with E-state index in [0.29, 0.717) is 26.3 Å². The van der Waals surface area contributed by atoms with E-state index in [1.165, 1.54) is 62.3 Å². The fourth-order valence-corrected chi connectivity index (χ4v) is 16.7. The van der Waals surface area contributed by atoms with E-state index in [4.69, 9.17) is 9.47 Å². The van der Waals surface area contributed by atoms with E-state index in [1.54, 1.807) is 0 Å². The minimum Gasteiger partial charge on any atom is -0.449 e. The SMILES string of the molecule is C[SiH](CCCNC(=O)OCC1c2ccccc2-c2ccccc21)C[SiH](C)CCCNC(=O)OCC1c2ccccc2-c2ccccc21. The van der Waals surface area contributed by atoms with Gasteiger partial charge in [-0.25, -0.2) is 9.59 Å². The van der Waals surface area contributed by atoms with Gasteiger partial charge in [0, 0.05) is 42.5 Å². The predicted molar refractivity (Wildman–Crippen MR) is 196 cm³/mol. The topological polar surface area (TPSA) is 76.7 Å². The van der Waals surface area contributed by atoms with Crippen LogP contribution >= 0.6 is 0 Å². The molecule has 2 amide bonds. The molecule has 4 aromatic rings. The summed E-state index contributed by atoms with van der Waals surface area (Å²) in [7, 11) is -1.65. The molecule has 2 aliphatic carbocycles. The number of carbonyl (C=O) groups is 2. The third-order valence-electron chi connectivity index (χ3n) is 9.78. The van der Waals surface area contributed by atoms with Gasteiger partial charge in [-0.05, 0) is 57.3 Å². The molecule has 244 valence electrons. The lowest BCUT2D eigenvalue weighted by Gasteiger charge is -2.17. The minimum atomic E-state index is -0.825. The van der Waals surface area contributed by atoms with E-state index in [9.17, 15) is 9.59 Å². The van der Waals surface area contributed by atoms with Gasteiger partial charge in [-0.1, -0.05) is 128 Å². The average molecular weight is 663 g/mol. The predicted octanol–water partition coefficient (Wildman–Crippen LogP) is 8.10. The Balaban J connectivity index is 0.821. The molecule has 2 atom stereocenters. The summed E-state index contributed by atoms with van der Waals surface area (Å²) in [6, 6.07) is 36.0. The van der Waals surface area contributed by atoms with Crippen LogP contribution in [0.2, 0.25) is 30.8 Å². The summed E-state index contributed by atoms with van der Waals surface area (Å²) in [6.07, 6.45) is 1.35. The van der Waals surface area contributed by atoms with Crippen LogP contribution in [0, 0.1) is 0 Å². The van der Waals surface area contributed by atoms with Gasteiger partial charge in [-0.3, -0.25) is 0 Å². The van der Waals surface area contributed by atoms with Crippen molar-refractivity contribution >= 4 is 29.8 Å². The molecule has 0 bridgehead atoms. The van der Waals surface area contributed by atoms with Gasteiger partial charge >= 0.3 is 12.2 Å². The molecular weight excluding hydrogens is 617 g/mol. The fraction of sp³-hybridized carbons (Fsp3) is 0.333. The maximum atomic E-state index is 12.5. The number of fused-ring (bicyclic) bond motifs is 6. The molecule has 4 aromatic carbocycles. The second kappa shape index (κ2) is 15.6. The number of carbonyl (C=O) groups excluding carboxylic acids is 2. The molecule has 6 nitrogen and oxygen atoms in total. The maximum Gasteiger partial charge on any atom is 0.407 e. The molecular formula is C39H46N2O4Si2. The van der Waals surface area contributed by atoms with Crippen LogP contribution in [0.3, 0.4) is 0 Å². The van der Waals surface area contributed by atoms with Gasteiger partial charge in [0.25, 0.3) is 0 Å². The van der Waals surface area contributed by atoms with Crippen LogP contribution in [0.5, 0.6) is 0 Å². The first-order valence-corrected chi connectivity index (χ1v) is 22.7. The van der Waals surface area contributed by atoms with Crippen molar-refractivity contribution in [2.24, 2.45) is 0 Å². The molecule has 0 aromatic heterocycles. The van der Waals surface area contributed by atoms with Crippen molar-refractivity contribution in [3.8, 4) is 22.3 Å². The normalized spacial score (nSPS) is 14.3. The summed E-state index contributed by atoms with van der Waals surface area (Å²) >= 11 is 0. The molecule has 0 aliphatic heterocycles. The molecule has 0 spiro atoms. The smallest absolute Gasteiger partial charge is 0.407 e. The fourth-order valence-electron chi connectivity index (χ4n) is 7.50. The largest absolute Gasteiger partial charge is 0.449 e. The molecule has 0 fully saturated rings. The van der Waals surface area contributed by atoms with Gasteiger partial charge in [-0.2, -0.15) is 0 Å². The highest BCUT2D eigenvalue weighted by molar-refractivity contribution is 6.76. The van der Waals surface area contributed by atoms with Crippen molar-refractivity contribution in [2.75, 3.05) is 26.3 Å². The Morgan fingerprint density at radius 3 is 1.21 bits per heavy atom. The van der Waals surface area contributed by atoms with Crippen LogP contribution < -0.4 is 10.6 Å². The number of hydrogen-bond donors (Lipinski definition) is 2. The van der Waals surface area contributed by atoms with Crippen LogP contribution in [0.1, 0.15) is 46.9 Å². The molecule has 2 aliphatic rings. The quantitative estimate of drug-likeness (QED) is 0.106. The highest BCUT2D eigenvalue weighted by Gasteiger charge is 2.30. The molecule has 6 rings (SSSR count). The van der Waals surface area contributed by atoms with Crippen LogP contribution in [0.25, 0.3) is 22.3 Å². The molecule has 0 saturated heterocycles. The zero-order valence-corrected chi connectivity index (χ0v) is 29.9. The summed E-state index contributed by atoms with van der Waals surface area (Å²) in [4.78, 5) is 25.0. The lowest BCUT2D eigenvalue weighted by molar-refractivity contribution is 0.142. The van der Waals surface area contributed by atoms with E-state index in [2.05, 4.69) is 121 Å². The first-order valence-electron chi connectivity index (χ1n) is 17.2. The standard InChI is InChI=1S/C39H46N2O4Si2/c1-46(23-11-21-40-38(42)44-25-36-32-17-7-3-13-28(32)29-14-4-8-18-33(29)36)27-47(2)24-12-22-41-39(43)45-26-37-34-19-9-5-15-30(34)31-16-6-10-20-35(31)37/h3-10,13-20,36-37,46-47H,11-12,21-27H2,1-2H3,(H,40,42)(H,41,43).